The van der Waals surface area contributed by atoms with Crippen molar-refractivity contribution < 1.29 is 36.2 Å². The normalized spacial score (nSPS) is 21.6. The third-order valence-corrected chi connectivity index (χ3v) is 8.40. The Bertz CT molecular complexity index is 964. The molecule has 0 radical (unpaired) electrons. The van der Waals surface area contributed by atoms with Gasteiger partial charge in [0.15, 0.2) is 4.90 Å². The number of unbranched alkanes of at least 4 members (excludes halogenated alkanes) is 2. The van der Waals surface area contributed by atoms with Gasteiger partial charge in [-0.25, -0.2) is 21.6 Å². The maximum Gasteiger partial charge on any atom is 0.322 e. The summed E-state index contributed by atoms with van der Waals surface area (Å²) in [6.07, 6.45) is 3.49. The largest absolute Gasteiger partial charge is 0.492 e. The van der Waals surface area contributed by atoms with Crippen molar-refractivity contribution in [2.45, 2.75) is 87.6 Å². The van der Waals surface area contributed by atoms with Crippen molar-refractivity contribution >= 4 is 16.0 Å². The highest BCUT2D eigenvalue weighted by molar-refractivity contribution is 7.89. The summed E-state index contributed by atoms with van der Waals surface area (Å²) in [5.74, 6) is -4.88. The molecule has 1 saturated heterocycles. The number of nitrogens with zero attached hydrogens (tertiary/aromatic N) is 1. The number of ether oxygens (including phenoxy) is 1. The van der Waals surface area contributed by atoms with E-state index in [-0.39, 0.29) is 44.2 Å². The summed E-state index contributed by atoms with van der Waals surface area (Å²) in [7, 11) is -4.39. The molecule has 0 bridgehead atoms. The number of carboxylic acid groups (broad SMARTS) is 1. The highest BCUT2D eigenvalue weighted by Crippen LogP contribution is 2.35. The Morgan fingerprint density at radius 2 is 1.91 bits per heavy atom. The number of hydrogen-bond acceptors (Lipinski definition) is 5. The lowest BCUT2D eigenvalue weighted by molar-refractivity contribution is -0.140. The van der Waals surface area contributed by atoms with Crippen LogP contribution in [0.1, 0.15) is 63.4 Å². The van der Waals surface area contributed by atoms with Gasteiger partial charge in [0.05, 0.1) is 6.61 Å². The van der Waals surface area contributed by atoms with Crippen LogP contribution in [-0.2, 0) is 14.8 Å². The molecular formula is C23H33F3N2O5S. The molecule has 1 aromatic rings. The summed E-state index contributed by atoms with van der Waals surface area (Å²) in [6.45, 7) is 2.50. The van der Waals surface area contributed by atoms with Crippen molar-refractivity contribution in [3.8, 4) is 5.75 Å². The average molecular weight is 507 g/mol. The van der Waals surface area contributed by atoms with Crippen LogP contribution in [0, 0.1) is 12.7 Å². The molecule has 2 fully saturated rings. The number of carbonyl (C=O) groups is 1. The second-order valence-electron chi connectivity index (χ2n) is 9.18. The zero-order valence-electron chi connectivity index (χ0n) is 19.4. The highest BCUT2D eigenvalue weighted by Gasteiger charge is 2.42. The van der Waals surface area contributed by atoms with Gasteiger partial charge in [-0.15, -0.1) is 0 Å². The monoisotopic (exact) mass is 506 g/mol. The van der Waals surface area contributed by atoms with Crippen molar-refractivity contribution in [3.63, 3.8) is 0 Å². The molecule has 11 heteroatoms. The number of sulfonamides is 1. The Kier molecular flexibility index (Phi) is 8.86. The van der Waals surface area contributed by atoms with Crippen molar-refractivity contribution in [1.29, 1.82) is 0 Å². The smallest absolute Gasteiger partial charge is 0.322 e. The van der Waals surface area contributed by atoms with E-state index < -0.39 is 38.7 Å². The minimum atomic E-state index is -4.39. The van der Waals surface area contributed by atoms with E-state index in [2.05, 4.69) is 5.32 Å². The van der Waals surface area contributed by atoms with Gasteiger partial charge in [0.1, 0.15) is 17.6 Å². The van der Waals surface area contributed by atoms with Gasteiger partial charge >= 0.3 is 5.97 Å². The first kappa shape index (κ1) is 26.7. The molecule has 192 valence electrons. The van der Waals surface area contributed by atoms with Gasteiger partial charge in [-0.1, -0.05) is 0 Å². The number of aryl methyl sites for hydroxylation is 1. The highest BCUT2D eigenvalue weighted by atomic mass is 32.2. The molecule has 0 aromatic heterocycles. The second kappa shape index (κ2) is 11.3. The lowest BCUT2D eigenvalue weighted by Crippen LogP contribution is -2.40. The van der Waals surface area contributed by atoms with E-state index in [1.54, 1.807) is 6.92 Å². The fourth-order valence-corrected chi connectivity index (χ4v) is 6.40. The van der Waals surface area contributed by atoms with E-state index in [1.807, 2.05) is 0 Å². The first-order chi connectivity index (χ1) is 16.0. The number of hydrogen-bond donors (Lipinski definition) is 2. The molecule has 1 aliphatic carbocycles. The minimum Gasteiger partial charge on any atom is -0.492 e. The number of benzene rings is 1. The quantitative estimate of drug-likeness (QED) is 0.439. The molecule has 1 atom stereocenters. The van der Waals surface area contributed by atoms with Crippen LogP contribution in [0.2, 0.25) is 0 Å². The molecule has 3 rings (SSSR count). The summed E-state index contributed by atoms with van der Waals surface area (Å²) in [5, 5.41) is 12.7. The molecule has 1 heterocycles. The van der Waals surface area contributed by atoms with Gasteiger partial charge in [-0.05, 0) is 76.1 Å². The SMILES string of the molecule is Cc1cc(F)c(S(=O)(=O)N2CCC[C@H]2C(=O)O)c(OCCCCCNC2CCC(F)(F)CC2)c1. The number of carboxylic acids is 1. The average Bonchev–Trinajstić information content (AvgIpc) is 3.25. The van der Waals surface area contributed by atoms with Crippen molar-refractivity contribution in [2.24, 2.45) is 0 Å². The molecule has 2 N–H and O–H groups in total. The maximum absolute atomic E-state index is 14.8. The van der Waals surface area contributed by atoms with Gasteiger partial charge in [0, 0.05) is 25.4 Å². The van der Waals surface area contributed by atoms with Crippen LogP contribution < -0.4 is 10.1 Å². The van der Waals surface area contributed by atoms with E-state index in [0.29, 0.717) is 37.8 Å². The summed E-state index contributed by atoms with van der Waals surface area (Å²) in [6, 6.07) is 1.43. The van der Waals surface area contributed by atoms with E-state index >= 15 is 0 Å². The van der Waals surface area contributed by atoms with Crippen LogP contribution in [0.4, 0.5) is 13.2 Å². The zero-order valence-corrected chi connectivity index (χ0v) is 20.2. The third-order valence-electron chi connectivity index (χ3n) is 6.44. The van der Waals surface area contributed by atoms with Gasteiger partial charge in [0.2, 0.25) is 15.9 Å². The summed E-state index contributed by atoms with van der Waals surface area (Å²) in [4.78, 5) is 10.8. The number of rotatable bonds is 11. The number of alkyl halides is 2. The summed E-state index contributed by atoms with van der Waals surface area (Å²) >= 11 is 0. The molecule has 1 aromatic carbocycles. The number of nitrogens with one attached hydrogen (secondary N) is 1. The van der Waals surface area contributed by atoms with Gasteiger partial charge in [-0.2, -0.15) is 4.31 Å². The first-order valence-electron chi connectivity index (χ1n) is 11.8. The lowest BCUT2D eigenvalue weighted by atomic mass is 9.92. The van der Waals surface area contributed by atoms with Crippen LogP contribution in [-0.4, -0.2) is 61.5 Å². The maximum atomic E-state index is 14.8. The minimum absolute atomic E-state index is 0.0116. The molecule has 0 amide bonds. The Hall–Kier alpha value is -1.85. The van der Waals surface area contributed by atoms with E-state index in [4.69, 9.17) is 4.74 Å². The van der Waals surface area contributed by atoms with Crippen LogP contribution >= 0.6 is 0 Å². The topological polar surface area (TPSA) is 95.9 Å². The Balaban J connectivity index is 1.53. The molecule has 0 unspecified atom stereocenters. The van der Waals surface area contributed by atoms with Crippen molar-refractivity contribution in [2.75, 3.05) is 19.7 Å². The number of halogens is 3. The standard InChI is InChI=1S/C23H33F3N2O5S/c1-16-14-18(24)21(34(31,32)28-12-5-6-19(28)22(29)30)20(15-16)33-13-4-2-3-11-27-17-7-9-23(25,26)10-8-17/h14-15,17,19,27H,2-13H2,1H3,(H,29,30)/t19-/m0/s1. The van der Waals surface area contributed by atoms with Gasteiger partial charge in [0.25, 0.3) is 0 Å². The first-order valence-corrected chi connectivity index (χ1v) is 13.2. The van der Waals surface area contributed by atoms with Gasteiger partial charge < -0.3 is 15.2 Å². The fourth-order valence-electron chi connectivity index (χ4n) is 4.58. The summed E-state index contributed by atoms with van der Waals surface area (Å²) in [5.41, 5.74) is 0.491. The molecular weight excluding hydrogens is 473 g/mol. The van der Waals surface area contributed by atoms with Crippen molar-refractivity contribution in [3.05, 3.63) is 23.5 Å². The van der Waals surface area contributed by atoms with Crippen molar-refractivity contribution in [1.82, 2.24) is 9.62 Å². The zero-order chi connectivity index (χ0) is 24.9. The molecule has 7 nitrogen and oxygen atoms in total. The molecule has 34 heavy (non-hydrogen) atoms. The Labute approximate surface area is 198 Å². The Morgan fingerprint density at radius 3 is 2.59 bits per heavy atom. The molecule has 1 saturated carbocycles. The molecule has 2 aliphatic rings. The Morgan fingerprint density at radius 1 is 1.21 bits per heavy atom. The second-order valence-corrected chi connectivity index (χ2v) is 11.0. The molecule has 0 spiro atoms. The van der Waals surface area contributed by atoms with Crippen LogP contribution in [0.3, 0.4) is 0 Å². The summed E-state index contributed by atoms with van der Waals surface area (Å²) < 4.78 is 74.0. The van der Waals surface area contributed by atoms with Crippen LogP contribution in [0.15, 0.2) is 17.0 Å². The van der Waals surface area contributed by atoms with E-state index in [9.17, 15) is 31.5 Å². The fraction of sp³-hybridized carbons (Fsp3) is 0.696. The third kappa shape index (κ3) is 6.63. The molecule has 1 aliphatic heterocycles. The van der Waals surface area contributed by atoms with Crippen LogP contribution in [0.25, 0.3) is 0 Å². The van der Waals surface area contributed by atoms with E-state index in [1.165, 1.54) is 6.07 Å². The van der Waals surface area contributed by atoms with Gasteiger partial charge in [-0.3, -0.25) is 4.79 Å². The predicted octanol–water partition coefficient (Wildman–Crippen LogP) is 4.09. The lowest BCUT2D eigenvalue weighted by Gasteiger charge is -2.28. The van der Waals surface area contributed by atoms with Crippen LogP contribution in [0.5, 0.6) is 5.75 Å². The predicted molar refractivity (Wildman–Crippen MR) is 120 cm³/mol. The van der Waals surface area contributed by atoms with E-state index in [0.717, 1.165) is 23.2 Å². The number of aliphatic carboxylic acids is 1.